The Morgan fingerprint density at radius 1 is 0.696 bits per heavy atom. The van der Waals surface area contributed by atoms with E-state index in [4.69, 9.17) is 0 Å². The normalized spacial score (nSPS) is 8.48. The third kappa shape index (κ3) is 10.7. The smallest absolute Gasteiger partial charge is 0.0262 e. The maximum Gasteiger partial charge on any atom is -0.0262 e. The van der Waals surface area contributed by atoms with Gasteiger partial charge in [0, 0.05) is 0 Å². The van der Waals surface area contributed by atoms with E-state index in [-0.39, 0.29) is 0 Å². The van der Waals surface area contributed by atoms with Gasteiger partial charge in [0.2, 0.25) is 0 Å². The van der Waals surface area contributed by atoms with Crippen LogP contribution in [0.1, 0.15) is 29.2 Å². The van der Waals surface area contributed by atoms with Gasteiger partial charge in [0.25, 0.3) is 0 Å². The van der Waals surface area contributed by atoms with E-state index in [0.717, 1.165) is 5.57 Å². The number of rotatable bonds is 3. The van der Waals surface area contributed by atoms with Gasteiger partial charge in [0.05, 0.1) is 0 Å². The second-order valence-corrected chi connectivity index (χ2v) is 5.28. The Morgan fingerprint density at radius 3 is 1.13 bits per heavy atom. The van der Waals surface area contributed by atoms with Crippen molar-refractivity contribution < 1.29 is 0 Å². The quantitative estimate of drug-likeness (QED) is 0.534. The Labute approximate surface area is 142 Å². The number of hydrogen-bond acceptors (Lipinski definition) is 0. The minimum absolute atomic E-state index is 1.02. The van der Waals surface area contributed by atoms with Crippen LogP contribution in [0.15, 0.2) is 86.5 Å². The van der Waals surface area contributed by atoms with Crippen molar-refractivity contribution in [3.05, 3.63) is 109 Å². The first-order chi connectivity index (χ1) is 10.9. The molecule has 0 aliphatic rings. The van der Waals surface area contributed by atoms with Gasteiger partial charge >= 0.3 is 0 Å². The molecule has 0 aliphatic carbocycles. The van der Waals surface area contributed by atoms with E-state index < -0.39 is 0 Å². The van der Waals surface area contributed by atoms with Crippen LogP contribution in [0.25, 0.3) is 12.2 Å². The lowest BCUT2D eigenvalue weighted by Gasteiger charge is -1.91. The van der Waals surface area contributed by atoms with Gasteiger partial charge in [-0.2, -0.15) is 0 Å². The van der Waals surface area contributed by atoms with Crippen LogP contribution in [0.4, 0.5) is 0 Å². The highest BCUT2D eigenvalue weighted by Gasteiger charge is 1.83. The number of hydrogen-bond donors (Lipinski definition) is 0. The van der Waals surface area contributed by atoms with E-state index in [1.807, 2.05) is 19.1 Å². The fourth-order valence-corrected chi connectivity index (χ4v) is 1.41. The molecule has 0 aromatic heterocycles. The van der Waals surface area contributed by atoms with E-state index in [1.54, 1.807) is 6.08 Å². The fraction of sp³-hybridized carbons (Fsp3) is 0.130. The Kier molecular flexibility index (Phi) is 10.6. The Bertz CT molecular complexity index is 561. The second kappa shape index (κ2) is 12.0. The fourth-order valence-electron chi connectivity index (χ4n) is 1.41. The summed E-state index contributed by atoms with van der Waals surface area (Å²) in [7, 11) is 0. The lowest BCUT2D eigenvalue weighted by atomic mass is 10.2. The van der Waals surface area contributed by atoms with Crippen LogP contribution < -0.4 is 0 Å². The molecule has 0 atom stereocenters. The molecule has 0 fully saturated rings. The molecule has 2 aromatic carbocycles. The molecule has 0 heterocycles. The zero-order valence-electron chi connectivity index (χ0n) is 14.7. The van der Waals surface area contributed by atoms with Crippen molar-refractivity contribution >= 4 is 12.2 Å². The van der Waals surface area contributed by atoms with Crippen molar-refractivity contribution in [2.75, 3.05) is 0 Å². The highest BCUT2D eigenvalue weighted by molar-refractivity contribution is 5.47. The van der Waals surface area contributed by atoms with Crippen molar-refractivity contribution in [1.82, 2.24) is 0 Å². The van der Waals surface area contributed by atoms with Gasteiger partial charge in [-0.25, -0.2) is 0 Å². The molecule has 0 saturated heterocycles. The van der Waals surface area contributed by atoms with Gasteiger partial charge < -0.3 is 0 Å². The summed E-state index contributed by atoms with van der Waals surface area (Å²) in [5, 5.41) is 0. The summed E-state index contributed by atoms with van der Waals surface area (Å²) in [6, 6.07) is 16.6. The minimum atomic E-state index is 1.02. The first-order valence-electron chi connectivity index (χ1n) is 7.59. The Hall–Kier alpha value is -2.60. The lowest BCUT2D eigenvalue weighted by molar-refractivity contribution is 1.46. The molecular weight excluding hydrogens is 276 g/mol. The van der Waals surface area contributed by atoms with Gasteiger partial charge in [-0.1, -0.05) is 110 Å². The van der Waals surface area contributed by atoms with Crippen LogP contribution in [0, 0.1) is 13.8 Å². The maximum absolute atomic E-state index is 3.66. The maximum atomic E-state index is 3.66. The van der Waals surface area contributed by atoms with Crippen LogP contribution in [0.3, 0.4) is 0 Å². The molecule has 120 valence electrons. The topological polar surface area (TPSA) is 0 Å². The van der Waals surface area contributed by atoms with Crippen LogP contribution in [-0.4, -0.2) is 0 Å². The van der Waals surface area contributed by atoms with E-state index in [2.05, 4.69) is 88.7 Å². The first kappa shape index (κ1) is 20.4. The molecule has 0 aliphatic heterocycles. The average molecular weight is 304 g/mol. The van der Waals surface area contributed by atoms with Gasteiger partial charge in [0.1, 0.15) is 0 Å². The zero-order chi connectivity index (χ0) is 17.7. The van der Waals surface area contributed by atoms with Crippen molar-refractivity contribution in [3.8, 4) is 0 Å². The molecule has 0 unspecified atom stereocenters. The van der Waals surface area contributed by atoms with Crippen molar-refractivity contribution in [2.24, 2.45) is 0 Å². The summed E-state index contributed by atoms with van der Waals surface area (Å²) in [6.45, 7) is 20.4. The van der Waals surface area contributed by atoms with Gasteiger partial charge in [-0.05, 0) is 31.9 Å². The van der Waals surface area contributed by atoms with Crippen molar-refractivity contribution in [2.45, 2.75) is 20.8 Å². The molecule has 0 amide bonds. The summed E-state index contributed by atoms with van der Waals surface area (Å²) in [6.07, 6.45) is 5.42. The summed E-state index contributed by atoms with van der Waals surface area (Å²) in [5.41, 5.74) is 5.97. The van der Waals surface area contributed by atoms with Gasteiger partial charge in [-0.15, -0.1) is 0 Å². The number of allylic oxidation sites excluding steroid dienone is 2. The summed E-state index contributed by atoms with van der Waals surface area (Å²) >= 11 is 0. The molecular formula is C23H28. The van der Waals surface area contributed by atoms with Crippen LogP contribution in [0.5, 0.6) is 0 Å². The molecule has 0 radical (unpaired) electrons. The van der Waals surface area contributed by atoms with Gasteiger partial charge in [0.15, 0.2) is 0 Å². The van der Waals surface area contributed by atoms with E-state index in [1.165, 1.54) is 22.3 Å². The molecule has 0 spiro atoms. The van der Waals surface area contributed by atoms with Gasteiger partial charge in [-0.3, -0.25) is 0 Å². The molecule has 0 bridgehead atoms. The van der Waals surface area contributed by atoms with Crippen LogP contribution in [-0.2, 0) is 0 Å². The van der Waals surface area contributed by atoms with Crippen LogP contribution in [0.2, 0.25) is 0 Å². The summed E-state index contributed by atoms with van der Waals surface area (Å²) < 4.78 is 0. The van der Waals surface area contributed by atoms with E-state index in [0.29, 0.717) is 0 Å². The lowest BCUT2D eigenvalue weighted by Crippen LogP contribution is -1.71. The predicted molar refractivity (Wildman–Crippen MR) is 108 cm³/mol. The standard InChI is InChI=1S/2C9H10.C5H8/c2*1-3-9-6-4-8(2)5-7-9;1-4-5(2)3/h2*3-7H,1H2,2H3;4H,1-2H2,3H3. The third-order valence-corrected chi connectivity index (χ3v) is 2.97. The van der Waals surface area contributed by atoms with E-state index in [9.17, 15) is 0 Å². The monoisotopic (exact) mass is 304 g/mol. The first-order valence-corrected chi connectivity index (χ1v) is 7.59. The SMILES string of the molecule is C=CC(=C)C.C=Cc1ccc(C)cc1.C=Cc1ccc(C)cc1. The highest BCUT2D eigenvalue weighted by atomic mass is 13.9. The molecule has 0 N–H and O–H groups in total. The highest BCUT2D eigenvalue weighted by Crippen LogP contribution is 2.03. The summed E-state index contributed by atoms with van der Waals surface area (Å²) in [5.74, 6) is 0. The predicted octanol–water partition coefficient (Wildman–Crippen LogP) is 7.02. The van der Waals surface area contributed by atoms with Crippen LogP contribution >= 0.6 is 0 Å². The molecule has 0 nitrogen and oxygen atoms in total. The number of aryl methyl sites for hydroxylation is 2. The molecule has 0 saturated carbocycles. The zero-order valence-corrected chi connectivity index (χ0v) is 14.7. The van der Waals surface area contributed by atoms with Crippen molar-refractivity contribution in [1.29, 1.82) is 0 Å². The minimum Gasteiger partial charge on any atom is -0.0988 e. The number of benzene rings is 2. The Morgan fingerprint density at radius 2 is 0.957 bits per heavy atom. The summed E-state index contributed by atoms with van der Waals surface area (Å²) in [4.78, 5) is 0. The molecule has 23 heavy (non-hydrogen) atoms. The Balaban J connectivity index is 0.000000332. The molecule has 2 aromatic rings. The van der Waals surface area contributed by atoms with Crippen molar-refractivity contribution in [3.63, 3.8) is 0 Å². The average Bonchev–Trinajstić information content (AvgIpc) is 2.57. The third-order valence-electron chi connectivity index (χ3n) is 2.97. The molecule has 0 heteroatoms. The largest absolute Gasteiger partial charge is 0.0988 e. The second-order valence-electron chi connectivity index (χ2n) is 5.28. The molecule has 2 rings (SSSR count). The van der Waals surface area contributed by atoms with E-state index >= 15 is 0 Å².